The molecule has 0 aliphatic rings. The third-order valence-electron chi connectivity index (χ3n) is 2.00. The van der Waals surface area contributed by atoms with Crippen molar-refractivity contribution in [3.05, 3.63) is 35.4 Å². The lowest BCUT2D eigenvalue weighted by Gasteiger charge is -1.98. The smallest absolute Gasteiger partial charge is 0.146 e. The molecule has 4 nitrogen and oxygen atoms in total. The van der Waals surface area contributed by atoms with Gasteiger partial charge in [-0.2, -0.15) is 10.4 Å². The fourth-order valence-electron chi connectivity index (χ4n) is 1.25. The third kappa shape index (κ3) is 1.83. The maximum atomic E-state index is 8.80. The molecule has 2 aromatic rings. The Labute approximate surface area is 91.7 Å². The van der Waals surface area contributed by atoms with E-state index in [1.807, 2.05) is 19.3 Å². The Morgan fingerprint density at radius 3 is 2.80 bits per heavy atom. The van der Waals surface area contributed by atoms with E-state index in [9.17, 15) is 0 Å². The van der Waals surface area contributed by atoms with Crippen LogP contribution >= 0.6 is 11.6 Å². The molecule has 0 radical (unpaired) electrons. The van der Waals surface area contributed by atoms with Crippen molar-refractivity contribution in [1.29, 1.82) is 5.26 Å². The minimum Gasteiger partial charge on any atom is -0.275 e. The number of aryl methyl sites for hydroxylation is 1. The lowest BCUT2D eigenvalue weighted by molar-refractivity contribution is 0.768. The molecular formula is C10H7ClN4. The van der Waals surface area contributed by atoms with E-state index in [1.54, 1.807) is 23.1 Å². The van der Waals surface area contributed by atoms with Crippen molar-refractivity contribution in [3.63, 3.8) is 0 Å². The molecule has 2 rings (SSSR count). The summed E-state index contributed by atoms with van der Waals surface area (Å²) in [6.07, 6.45) is 5.19. The fourth-order valence-corrected chi connectivity index (χ4v) is 1.40. The first-order valence-electron chi connectivity index (χ1n) is 4.25. The minimum absolute atomic E-state index is 0.227. The summed E-state index contributed by atoms with van der Waals surface area (Å²) < 4.78 is 1.69. The molecule has 5 heteroatoms. The first-order valence-corrected chi connectivity index (χ1v) is 4.63. The molecule has 15 heavy (non-hydrogen) atoms. The molecule has 0 saturated heterocycles. The van der Waals surface area contributed by atoms with Gasteiger partial charge in [0.1, 0.15) is 11.2 Å². The van der Waals surface area contributed by atoms with E-state index in [0.717, 1.165) is 11.1 Å². The molecule has 0 aliphatic heterocycles. The molecule has 0 saturated carbocycles. The minimum atomic E-state index is 0.227. The molecule has 2 heterocycles. The van der Waals surface area contributed by atoms with Gasteiger partial charge in [0.05, 0.1) is 11.8 Å². The maximum absolute atomic E-state index is 8.80. The van der Waals surface area contributed by atoms with E-state index in [2.05, 4.69) is 10.1 Å². The van der Waals surface area contributed by atoms with Crippen LogP contribution in [0.2, 0.25) is 5.15 Å². The normalized spacial score (nSPS) is 9.93. The molecule has 0 aromatic carbocycles. The molecule has 0 aliphatic carbocycles. The summed E-state index contributed by atoms with van der Waals surface area (Å²) >= 11 is 5.73. The summed E-state index contributed by atoms with van der Waals surface area (Å²) in [5.74, 6) is 0. The Balaban J connectivity index is 2.51. The quantitative estimate of drug-likeness (QED) is 0.688. The van der Waals surface area contributed by atoms with Gasteiger partial charge in [0.15, 0.2) is 0 Å². The predicted molar refractivity (Wildman–Crippen MR) is 56.2 cm³/mol. The summed E-state index contributed by atoms with van der Waals surface area (Å²) in [6.45, 7) is 0. The van der Waals surface area contributed by atoms with Gasteiger partial charge in [-0.25, -0.2) is 4.98 Å². The zero-order valence-electron chi connectivity index (χ0n) is 7.98. The second kappa shape index (κ2) is 3.71. The number of nitrogens with zero attached hydrogens (tertiary/aromatic N) is 4. The number of halogens is 1. The van der Waals surface area contributed by atoms with Crippen molar-refractivity contribution in [3.8, 4) is 17.2 Å². The SMILES string of the molecule is Cn1cc(-c2cnc(Cl)c(C#N)c2)cn1. The lowest BCUT2D eigenvalue weighted by atomic mass is 10.1. The molecular weight excluding hydrogens is 212 g/mol. The molecule has 74 valence electrons. The van der Waals surface area contributed by atoms with Crippen molar-refractivity contribution in [2.24, 2.45) is 7.05 Å². The van der Waals surface area contributed by atoms with Gasteiger partial charge < -0.3 is 0 Å². The van der Waals surface area contributed by atoms with Gasteiger partial charge in [-0.15, -0.1) is 0 Å². The van der Waals surface area contributed by atoms with E-state index < -0.39 is 0 Å². The van der Waals surface area contributed by atoms with E-state index in [1.165, 1.54) is 0 Å². The van der Waals surface area contributed by atoms with Crippen LogP contribution in [0.1, 0.15) is 5.56 Å². The van der Waals surface area contributed by atoms with Gasteiger partial charge in [0.25, 0.3) is 0 Å². The molecule has 2 aromatic heterocycles. The van der Waals surface area contributed by atoms with E-state index in [0.29, 0.717) is 5.56 Å². The zero-order chi connectivity index (χ0) is 10.8. The van der Waals surface area contributed by atoms with Crippen LogP contribution in [0.15, 0.2) is 24.7 Å². The highest BCUT2D eigenvalue weighted by molar-refractivity contribution is 6.30. The van der Waals surface area contributed by atoms with Crippen molar-refractivity contribution >= 4 is 11.6 Å². The fraction of sp³-hybridized carbons (Fsp3) is 0.100. The van der Waals surface area contributed by atoms with Crippen LogP contribution in [-0.2, 0) is 7.05 Å². The summed E-state index contributed by atoms with van der Waals surface area (Å²) in [6, 6.07) is 3.69. The van der Waals surface area contributed by atoms with Gasteiger partial charge in [-0.3, -0.25) is 4.68 Å². The molecule has 0 atom stereocenters. The number of hydrogen-bond donors (Lipinski definition) is 0. The average Bonchev–Trinajstić information content (AvgIpc) is 2.66. The highest BCUT2D eigenvalue weighted by Crippen LogP contribution is 2.21. The Morgan fingerprint density at radius 2 is 2.20 bits per heavy atom. The first-order chi connectivity index (χ1) is 7.20. The molecule has 0 bridgehead atoms. The summed E-state index contributed by atoms with van der Waals surface area (Å²) in [5, 5.41) is 13.1. The molecule has 0 fully saturated rings. The van der Waals surface area contributed by atoms with Crippen LogP contribution in [0.25, 0.3) is 11.1 Å². The van der Waals surface area contributed by atoms with E-state index in [4.69, 9.17) is 16.9 Å². The van der Waals surface area contributed by atoms with Gasteiger partial charge in [-0.1, -0.05) is 11.6 Å². The first kappa shape index (κ1) is 9.69. The second-order valence-electron chi connectivity index (χ2n) is 3.08. The lowest BCUT2D eigenvalue weighted by Crippen LogP contribution is -1.85. The van der Waals surface area contributed by atoms with Crippen molar-refractivity contribution in [2.45, 2.75) is 0 Å². The molecule has 0 unspecified atom stereocenters. The Bertz CT molecular complexity index is 539. The highest BCUT2D eigenvalue weighted by atomic mass is 35.5. The number of pyridine rings is 1. The summed E-state index contributed by atoms with van der Waals surface area (Å²) in [7, 11) is 1.83. The van der Waals surface area contributed by atoms with Crippen LogP contribution in [0.3, 0.4) is 0 Å². The standard InChI is InChI=1S/C10H7ClN4/c1-15-6-9(5-14-15)8-2-7(3-12)10(11)13-4-8/h2,4-6H,1H3. The van der Waals surface area contributed by atoms with Crippen molar-refractivity contribution < 1.29 is 0 Å². The van der Waals surface area contributed by atoms with Crippen molar-refractivity contribution in [2.75, 3.05) is 0 Å². The summed E-state index contributed by atoms with van der Waals surface area (Å²) in [5.41, 5.74) is 2.13. The van der Waals surface area contributed by atoms with Gasteiger partial charge in [0.2, 0.25) is 0 Å². The van der Waals surface area contributed by atoms with E-state index in [-0.39, 0.29) is 5.15 Å². The van der Waals surface area contributed by atoms with Crippen LogP contribution < -0.4 is 0 Å². The van der Waals surface area contributed by atoms with Gasteiger partial charge in [0, 0.05) is 30.6 Å². The Hall–Kier alpha value is -1.86. The topological polar surface area (TPSA) is 54.5 Å². The van der Waals surface area contributed by atoms with Crippen LogP contribution in [0.5, 0.6) is 0 Å². The van der Waals surface area contributed by atoms with Crippen molar-refractivity contribution in [1.82, 2.24) is 14.8 Å². The van der Waals surface area contributed by atoms with Crippen LogP contribution in [0.4, 0.5) is 0 Å². The summed E-state index contributed by atoms with van der Waals surface area (Å²) in [4.78, 5) is 3.94. The molecule has 0 amide bonds. The molecule has 0 N–H and O–H groups in total. The zero-order valence-corrected chi connectivity index (χ0v) is 8.73. The Kier molecular flexibility index (Phi) is 2.40. The number of aromatic nitrogens is 3. The monoisotopic (exact) mass is 218 g/mol. The third-order valence-corrected chi connectivity index (χ3v) is 2.30. The maximum Gasteiger partial charge on any atom is 0.146 e. The Morgan fingerprint density at radius 1 is 1.40 bits per heavy atom. The largest absolute Gasteiger partial charge is 0.275 e. The second-order valence-corrected chi connectivity index (χ2v) is 3.43. The number of rotatable bonds is 1. The van der Waals surface area contributed by atoms with Crippen LogP contribution in [-0.4, -0.2) is 14.8 Å². The highest BCUT2D eigenvalue weighted by Gasteiger charge is 2.05. The predicted octanol–water partition coefficient (Wildman–Crippen LogP) is 2.01. The van der Waals surface area contributed by atoms with E-state index >= 15 is 0 Å². The number of nitriles is 1. The number of hydrogen-bond acceptors (Lipinski definition) is 3. The average molecular weight is 219 g/mol. The molecule has 0 spiro atoms. The van der Waals surface area contributed by atoms with Gasteiger partial charge in [-0.05, 0) is 6.07 Å². The van der Waals surface area contributed by atoms with Gasteiger partial charge >= 0.3 is 0 Å². The van der Waals surface area contributed by atoms with Crippen LogP contribution in [0, 0.1) is 11.3 Å².